The summed E-state index contributed by atoms with van der Waals surface area (Å²) in [5, 5.41) is 2.78. The predicted octanol–water partition coefficient (Wildman–Crippen LogP) is 4.96. The fourth-order valence-electron chi connectivity index (χ4n) is 3.72. The Morgan fingerprint density at radius 3 is 2.80 bits per heavy atom. The van der Waals surface area contributed by atoms with Crippen molar-refractivity contribution in [2.24, 2.45) is 0 Å². The zero-order valence-electron chi connectivity index (χ0n) is 12.9. The van der Waals surface area contributed by atoms with E-state index in [1.807, 2.05) is 0 Å². The molecule has 2 aromatic rings. The Balaban J connectivity index is 1.63. The van der Waals surface area contributed by atoms with Crippen molar-refractivity contribution in [3.63, 3.8) is 0 Å². The van der Waals surface area contributed by atoms with Gasteiger partial charge in [-0.3, -0.25) is 0 Å². The molecular formula is C17H13Cl2F2N3O. The molecule has 2 atom stereocenters. The minimum atomic E-state index is -0.664. The largest absolute Gasteiger partial charge is 0.322 e. The van der Waals surface area contributed by atoms with Crippen LogP contribution in [0.15, 0.2) is 24.4 Å². The molecular weight excluding hydrogens is 371 g/mol. The Labute approximate surface area is 152 Å². The van der Waals surface area contributed by atoms with Gasteiger partial charge >= 0.3 is 6.03 Å². The van der Waals surface area contributed by atoms with Gasteiger partial charge in [-0.2, -0.15) is 4.39 Å². The molecule has 0 aliphatic carbocycles. The summed E-state index contributed by atoms with van der Waals surface area (Å²) in [5.41, 5.74) is 1.30. The summed E-state index contributed by atoms with van der Waals surface area (Å²) in [4.78, 5) is 18.1. The highest BCUT2D eigenvalue weighted by atomic mass is 35.5. The number of aromatic nitrogens is 1. The fraction of sp³-hybridized carbons (Fsp3) is 0.294. The second-order valence-corrected chi connectivity index (χ2v) is 7.02. The van der Waals surface area contributed by atoms with Crippen LogP contribution in [0.5, 0.6) is 0 Å². The Kier molecular flexibility index (Phi) is 4.04. The van der Waals surface area contributed by atoms with Crippen LogP contribution < -0.4 is 5.32 Å². The number of pyridine rings is 1. The first-order chi connectivity index (χ1) is 12.0. The van der Waals surface area contributed by atoms with E-state index in [0.717, 1.165) is 24.5 Å². The van der Waals surface area contributed by atoms with E-state index in [0.29, 0.717) is 12.0 Å². The molecule has 2 aliphatic heterocycles. The topological polar surface area (TPSA) is 45.2 Å². The van der Waals surface area contributed by atoms with E-state index in [4.69, 9.17) is 23.2 Å². The van der Waals surface area contributed by atoms with Crippen molar-refractivity contribution < 1.29 is 13.6 Å². The second-order valence-electron chi connectivity index (χ2n) is 6.20. The molecule has 0 spiro atoms. The third kappa shape index (κ3) is 2.73. The maximum atomic E-state index is 14.0. The van der Waals surface area contributed by atoms with E-state index in [9.17, 15) is 13.6 Å². The van der Waals surface area contributed by atoms with Crippen LogP contribution in [0.1, 0.15) is 30.0 Å². The number of nitrogens with zero attached hydrogens (tertiary/aromatic N) is 2. The molecule has 1 saturated heterocycles. The number of hydrogen-bond donors (Lipinski definition) is 1. The smallest absolute Gasteiger partial charge is 0.314 e. The van der Waals surface area contributed by atoms with Crippen LogP contribution in [0.25, 0.3) is 0 Å². The summed E-state index contributed by atoms with van der Waals surface area (Å²) in [6.45, 7) is 0. The van der Waals surface area contributed by atoms with Crippen molar-refractivity contribution in [3.05, 3.63) is 57.3 Å². The number of anilines is 1. The van der Waals surface area contributed by atoms with Crippen LogP contribution in [0, 0.1) is 11.8 Å². The monoisotopic (exact) mass is 383 g/mol. The van der Waals surface area contributed by atoms with Gasteiger partial charge < -0.3 is 10.2 Å². The maximum Gasteiger partial charge on any atom is 0.322 e. The van der Waals surface area contributed by atoms with Gasteiger partial charge in [0.05, 0.1) is 21.8 Å². The summed E-state index contributed by atoms with van der Waals surface area (Å²) in [6, 6.07) is 3.26. The molecule has 4 rings (SSSR count). The summed E-state index contributed by atoms with van der Waals surface area (Å²) in [7, 11) is 0. The first kappa shape index (κ1) is 16.5. The number of hydrogen-bond acceptors (Lipinski definition) is 2. The second kappa shape index (κ2) is 6.11. The normalized spacial score (nSPS) is 21.2. The number of benzene rings is 1. The molecule has 8 heteroatoms. The minimum Gasteiger partial charge on any atom is -0.314 e. The van der Waals surface area contributed by atoms with Crippen molar-refractivity contribution in [1.82, 2.24) is 9.88 Å². The van der Waals surface area contributed by atoms with Crippen LogP contribution in [-0.2, 0) is 6.42 Å². The Hall–Kier alpha value is -1.92. The van der Waals surface area contributed by atoms with E-state index in [1.54, 1.807) is 11.0 Å². The van der Waals surface area contributed by atoms with E-state index >= 15 is 0 Å². The summed E-state index contributed by atoms with van der Waals surface area (Å²) >= 11 is 11.7. The van der Waals surface area contributed by atoms with Crippen LogP contribution in [0.2, 0.25) is 10.0 Å². The van der Waals surface area contributed by atoms with E-state index in [1.165, 1.54) is 12.3 Å². The van der Waals surface area contributed by atoms with Gasteiger partial charge in [-0.05, 0) is 43.0 Å². The van der Waals surface area contributed by atoms with Crippen LogP contribution in [-0.4, -0.2) is 22.0 Å². The molecule has 0 unspecified atom stereocenters. The molecule has 4 nitrogen and oxygen atoms in total. The molecule has 1 fully saturated rings. The quantitative estimate of drug-likeness (QED) is 0.558. The average Bonchev–Trinajstić information content (AvgIpc) is 2.89. The number of rotatable bonds is 1. The number of halogens is 4. The van der Waals surface area contributed by atoms with E-state index < -0.39 is 17.8 Å². The molecule has 1 N–H and O–H groups in total. The lowest BCUT2D eigenvalue weighted by Crippen LogP contribution is -2.44. The van der Waals surface area contributed by atoms with Crippen molar-refractivity contribution in [1.29, 1.82) is 0 Å². The summed E-state index contributed by atoms with van der Waals surface area (Å²) in [5.74, 6) is -1.15. The lowest BCUT2D eigenvalue weighted by molar-refractivity contribution is 0.178. The van der Waals surface area contributed by atoms with E-state index in [2.05, 4.69) is 10.3 Å². The third-order valence-corrected chi connectivity index (χ3v) is 5.55. The standard InChI is InChI=1S/C17H13Cl2F2N3O/c18-11-6-13(20)14(7-12(11)19)23-17(25)24-8-1-2-15(24)9-3-4-22-16(21)10(9)5-8/h3-4,6-8,15H,1-2,5H2,(H,23,25)/t8-,15+/m0/s1. The van der Waals surface area contributed by atoms with Gasteiger partial charge in [-0.1, -0.05) is 23.2 Å². The minimum absolute atomic E-state index is 0.0366. The predicted molar refractivity (Wildman–Crippen MR) is 90.9 cm³/mol. The SMILES string of the molecule is O=C(Nc1cc(Cl)c(Cl)cc1F)N1[C@H]2CC[C@@H]1c1ccnc(F)c1C2. The fourth-order valence-corrected chi connectivity index (χ4v) is 4.04. The third-order valence-electron chi connectivity index (χ3n) is 4.83. The zero-order valence-corrected chi connectivity index (χ0v) is 14.4. The number of amides is 2. The van der Waals surface area contributed by atoms with E-state index in [-0.39, 0.29) is 27.8 Å². The maximum absolute atomic E-state index is 14.0. The van der Waals surface area contributed by atoms with Crippen LogP contribution >= 0.6 is 23.2 Å². The van der Waals surface area contributed by atoms with Gasteiger partial charge in [0.2, 0.25) is 5.95 Å². The molecule has 2 amide bonds. The Morgan fingerprint density at radius 1 is 1.24 bits per heavy atom. The van der Waals surface area contributed by atoms with Crippen LogP contribution in [0.4, 0.5) is 19.3 Å². The number of carbonyl (C=O) groups excluding carboxylic acids is 1. The molecule has 0 saturated carbocycles. The number of carbonyl (C=O) groups is 1. The van der Waals surface area contributed by atoms with Crippen molar-refractivity contribution in [3.8, 4) is 0 Å². The van der Waals surface area contributed by atoms with Crippen molar-refractivity contribution in [2.75, 3.05) is 5.32 Å². The van der Waals surface area contributed by atoms with Gasteiger partial charge in [0.1, 0.15) is 5.82 Å². The highest BCUT2D eigenvalue weighted by molar-refractivity contribution is 6.42. The lowest BCUT2D eigenvalue weighted by Gasteiger charge is -2.36. The van der Waals surface area contributed by atoms with Gasteiger partial charge in [-0.25, -0.2) is 14.2 Å². The average molecular weight is 384 g/mol. The van der Waals surface area contributed by atoms with Crippen LogP contribution in [0.3, 0.4) is 0 Å². The van der Waals surface area contributed by atoms with Gasteiger partial charge in [-0.15, -0.1) is 0 Å². The lowest BCUT2D eigenvalue weighted by atomic mass is 9.95. The first-order valence-corrected chi connectivity index (χ1v) is 8.58. The highest BCUT2D eigenvalue weighted by Crippen LogP contribution is 2.44. The van der Waals surface area contributed by atoms with Crippen molar-refractivity contribution >= 4 is 34.9 Å². The molecule has 3 heterocycles. The first-order valence-electron chi connectivity index (χ1n) is 7.83. The summed E-state index contributed by atoms with van der Waals surface area (Å²) < 4.78 is 28.0. The molecule has 1 aromatic heterocycles. The number of urea groups is 1. The molecule has 2 aliphatic rings. The van der Waals surface area contributed by atoms with Gasteiger partial charge in [0.25, 0.3) is 0 Å². The highest BCUT2D eigenvalue weighted by Gasteiger charge is 2.43. The zero-order chi connectivity index (χ0) is 17.7. The Morgan fingerprint density at radius 2 is 2.00 bits per heavy atom. The van der Waals surface area contributed by atoms with Crippen molar-refractivity contribution in [2.45, 2.75) is 31.3 Å². The molecule has 2 bridgehead atoms. The van der Waals surface area contributed by atoms with Gasteiger partial charge in [0, 0.05) is 17.8 Å². The van der Waals surface area contributed by atoms with Gasteiger partial charge in [0.15, 0.2) is 0 Å². The molecule has 25 heavy (non-hydrogen) atoms. The number of fused-ring (bicyclic) bond motifs is 4. The molecule has 0 radical (unpaired) electrons. The summed E-state index contributed by atoms with van der Waals surface area (Å²) in [6.07, 6.45) is 3.30. The molecule has 1 aromatic carbocycles. The molecule has 130 valence electrons. The Bertz CT molecular complexity index is 877. The number of nitrogens with one attached hydrogen (secondary N) is 1.